The first-order valence-corrected chi connectivity index (χ1v) is 9.49. The number of ether oxygens (including phenoxy) is 3. The summed E-state index contributed by atoms with van der Waals surface area (Å²) in [5.74, 6) is 0.174. The van der Waals surface area contributed by atoms with Crippen molar-refractivity contribution in [3.05, 3.63) is 22.7 Å². The molecule has 0 amide bonds. The van der Waals surface area contributed by atoms with Gasteiger partial charge in [-0.2, -0.15) is 0 Å². The summed E-state index contributed by atoms with van der Waals surface area (Å²) in [6.45, 7) is 4.04. The molecular weight excluding hydrogens is 388 g/mol. The smallest absolute Gasteiger partial charge is 0.311 e. The van der Waals surface area contributed by atoms with Crippen LogP contribution < -0.4 is 9.47 Å². The molecule has 6 heteroatoms. The molecule has 0 aliphatic carbocycles. The van der Waals surface area contributed by atoms with Gasteiger partial charge in [0.05, 0.1) is 13.2 Å². The van der Waals surface area contributed by atoms with E-state index in [9.17, 15) is 9.59 Å². The van der Waals surface area contributed by atoms with Crippen LogP contribution in [-0.2, 0) is 14.3 Å². The van der Waals surface area contributed by atoms with E-state index < -0.39 is 5.97 Å². The fourth-order valence-corrected chi connectivity index (χ4v) is 2.64. The highest BCUT2D eigenvalue weighted by Gasteiger charge is 2.13. The molecular formula is C19H27BrO5. The van der Waals surface area contributed by atoms with Crippen molar-refractivity contribution in [2.75, 3.05) is 7.11 Å². The van der Waals surface area contributed by atoms with Gasteiger partial charge in [-0.15, -0.1) is 0 Å². The highest BCUT2D eigenvalue weighted by atomic mass is 79.9. The monoisotopic (exact) mass is 414 g/mol. The van der Waals surface area contributed by atoms with E-state index in [4.69, 9.17) is 14.2 Å². The second-order valence-corrected chi connectivity index (χ2v) is 6.83. The van der Waals surface area contributed by atoms with E-state index in [0.717, 1.165) is 30.2 Å². The quantitative estimate of drug-likeness (QED) is 0.288. The maximum Gasteiger partial charge on any atom is 0.311 e. The number of hydrogen-bond donors (Lipinski definition) is 0. The predicted molar refractivity (Wildman–Crippen MR) is 99.9 cm³/mol. The topological polar surface area (TPSA) is 61.8 Å². The molecule has 0 N–H and O–H groups in total. The molecule has 0 radical (unpaired) electrons. The lowest BCUT2D eigenvalue weighted by atomic mass is 10.1. The number of halogens is 1. The first-order valence-electron chi connectivity index (χ1n) is 8.70. The summed E-state index contributed by atoms with van der Waals surface area (Å²) < 4.78 is 16.6. The minimum Gasteiger partial charge on any atom is -0.493 e. The van der Waals surface area contributed by atoms with Gasteiger partial charge >= 0.3 is 11.9 Å². The van der Waals surface area contributed by atoms with Gasteiger partial charge < -0.3 is 14.2 Å². The third-order valence-corrected chi connectivity index (χ3v) is 4.15. The van der Waals surface area contributed by atoms with Crippen LogP contribution in [0.2, 0.25) is 0 Å². The van der Waals surface area contributed by atoms with Gasteiger partial charge in [0, 0.05) is 17.3 Å². The van der Waals surface area contributed by atoms with E-state index in [1.165, 1.54) is 7.11 Å². The Hall–Kier alpha value is -1.56. The largest absolute Gasteiger partial charge is 0.493 e. The number of unbranched alkanes of at least 4 members (excludes halogenated alkanes) is 2. The van der Waals surface area contributed by atoms with Gasteiger partial charge in [-0.05, 0) is 44.4 Å². The van der Waals surface area contributed by atoms with Crippen molar-refractivity contribution in [2.45, 2.75) is 64.9 Å². The van der Waals surface area contributed by atoms with Crippen LogP contribution in [0, 0.1) is 0 Å². The molecule has 1 rings (SSSR count). The Morgan fingerprint density at radius 3 is 2.48 bits per heavy atom. The SMILES string of the molecule is CCCCCC(C)OC(=O)CCCC(=O)Oc1ccc(Br)cc1OC. The molecule has 0 saturated carbocycles. The zero-order chi connectivity index (χ0) is 18.7. The van der Waals surface area contributed by atoms with Crippen LogP contribution in [0.3, 0.4) is 0 Å². The number of hydrogen-bond acceptors (Lipinski definition) is 5. The predicted octanol–water partition coefficient (Wildman–Crippen LogP) is 5.05. The van der Waals surface area contributed by atoms with Gasteiger partial charge in [-0.3, -0.25) is 9.59 Å². The van der Waals surface area contributed by atoms with Crippen molar-refractivity contribution in [1.29, 1.82) is 0 Å². The fourth-order valence-electron chi connectivity index (χ4n) is 2.30. The van der Waals surface area contributed by atoms with Crippen LogP contribution in [0.4, 0.5) is 0 Å². The van der Waals surface area contributed by atoms with Crippen molar-refractivity contribution < 1.29 is 23.8 Å². The summed E-state index contributed by atoms with van der Waals surface area (Å²) in [6.07, 6.45) is 4.93. The first-order chi connectivity index (χ1) is 12.0. The van der Waals surface area contributed by atoms with Crippen LogP contribution in [0.15, 0.2) is 22.7 Å². The third kappa shape index (κ3) is 8.91. The molecule has 0 aromatic heterocycles. The molecule has 0 heterocycles. The Labute approximate surface area is 158 Å². The molecule has 0 spiro atoms. The van der Waals surface area contributed by atoms with Crippen molar-refractivity contribution in [2.24, 2.45) is 0 Å². The highest BCUT2D eigenvalue weighted by Crippen LogP contribution is 2.30. The number of rotatable bonds is 11. The Bertz CT molecular complexity index is 559. The zero-order valence-electron chi connectivity index (χ0n) is 15.2. The molecule has 140 valence electrons. The minimum atomic E-state index is -0.399. The number of esters is 2. The molecule has 1 atom stereocenters. The number of carbonyl (C=O) groups excluding carboxylic acids is 2. The van der Waals surface area contributed by atoms with Crippen LogP contribution in [0.5, 0.6) is 11.5 Å². The standard InChI is InChI=1S/C19H27BrO5/c1-4-5-6-8-14(2)24-18(21)9-7-10-19(22)25-16-12-11-15(20)13-17(16)23-3/h11-14H,4-10H2,1-3H3. The van der Waals surface area contributed by atoms with Crippen LogP contribution in [-0.4, -0.2) is 25.2 Å². The van der Waals surface area contributed by atoms with E-state index in [1.54, 1.807) is 18.2 Å². The molecule has 1 aromatic carbocycles. The third-order valence-electron chi connectivity index (χ3n) is 3.66. The van der Waals surface area contributed by atoms with Gasteiger partial charge in [0.15, 0.2) is 11.5 Å². The Kier molecular flexibility index (Phi) is 10.2. The van der Waals surface area contributed by atoms with Gasteiger partial charge in [-0.1, -0.05) is 35.7 Å². The molecule has 0 aliphatic rings. The second-order valence-electron chi connectivity index (χ2n) is 5.92. The van der Waals surface area contributed by atoms with Gasteiger partial charge in [0.2, 0.25) is 0 Å². The van der Waals surface area contributed by atoms with E-state index in [2.05, 4.69) is 22.9 Å². The maximum absolute atomic E-state index is 11.9. The average molecular weight is 415 g/mol. The van der Waals surface area contributed by atoms with Crippen LogP contribution in [0.25, 0.3) is 0 Å². The van der Waals surface area contributed by atoms with E-state index in [0.29, 0.717) is 17.9 Å². The number of carbonyl (C=O) groups is 2. The highest BCUT2D eigenvalue weighted by molar-refractivity contribution is 9.10. The van der Waals surface area contributed by atoms with Crippen molar-refractivity contribution in [3.63, 3.8) is 0 Å². The van der Waals surface area contributed by atoms with Crippen molar-refractivity contribution in [3.8, 4) is 11.5 Å². The summed E-state index contributed by atoms with van der Waals surface area (Å²) in [5, 5.41) is 0. The molecule has 1 unspecified atom stereocenters. The summed E-state index contributed by atoms with van der Waals surface area (Å²) in [4.78, 5) is 23.7. The van der Waals surface area contributed by atoms with E-state index in [-0.39, 0.29) is 24.9 Å². The maximum atomic E-state index is 11.9. The molecule has 0 bridgehead atoms. The average Bonchev–Trinajstić information content (AvgIpc) is 2.56. The summed E-state index contributed by atoms with van der Waals surface area (Å²) >= 11 is 3.33. The summed E-state index contributed by atoms with van der Waals surface area (Å²) in [7, 11) is 1.51. The minimum absolute atomic E-state index is 0.0713. The lowest BCUT2D eigenvalue weighted by Crippen LogP contribution is -2.15. The molecule has 1 aromatic rings. The summed E-state index contributed by atoms with van der Waals surface area (Å²) in [6, 6.07) is 5.15. The molecule has 0 saturated heterocycles. The van der Waals surface area contributed by atoms with Gasteiger partial charge in [0.1, 0.15) is 0 Å². The molecule has 0 fully saturated rings. The normalized spacial score (nSPS) is 11.7. The lowest BCUT2D eigenvalue weighted by Gasteiger charge is -2.13. The zero-order valence-corrected chi connectivity index (χ0v) is 16.8. The molecule has 0 aliphatic heterocycles. The second kappa shape index (κ2) is 11.9. The van der Waals surface area contributed by atoms with Gasteiger partial charge in [-0.25, -0.2) is 0 Å². The Morgan fingerprint density at radius 1 is 1.08 bits per heavy atom. The lowest BCUT2D eigenvalue weighted by molar-refractivity contribution is -0.148. The fraction of sp³-hybridized carbons (Fsp3) is 0.579. The van der Waals surface area contributed by atoms with Crippen LogP contribution >= 0.6 is 15.9 Å². The number of methoxy groups -OCH3 is 1. The first kappa shape index (κ1) is 21.5. The Morgan fingerprint density at radius 2 is 1.80 bits per heavy atom. The van der Waals surface area contributed by atoms with Crippen LogP contribution in [0.1, 0.15) is 58.8 Å². The van der Waals surface area contributed by atoms with Crippen molar-refractivity contribution in [1.82, 2.24) is 0 Å². The van der Waals surface area contributed by atoms with E-state index >= 15 is 0 Å². The van der Waals surface area contributed by atoms with Gasteiger partial charge in [0.25, 0.3) is 0 Å². The van der Waals surface area contributed by atoms with Crippen molar-refractivity contribution >= 4 is 27.9 Å². The molecule has 25 heavy (non-hydrogen) atoms. The number of benzene rings is 1. The Balaban J connectivity index is 2.29. The van der Waals surface area contributed by atoms with E-state index in [1.807, 2.05) is 6.92 Å². The summed E-state index contributed by atoms with van der Waals surface area (Å²) in [5.41, 5.74) is 0. The molecule has 5 nitrogen and oxygen atoms in total.